The number of anilines is 2. The Morgan fingerprint density at radius 2 is 1.85 bits per heavy atom. The van der Waals surface area contributed by atoms with E-state index in [4.69, 9.17) is 15.3 Å². The number of fused-ring (bicyclic) bond motifs is 1. The molecule has 1 aromatic carbocycles. The molecule has 2 aromatic heterocycles. The van der Waals surface area contributed by atoms with Crippen molar-refractivity contribution in [2.24, 2.45) is 5.16 Å². The maximum Gasteiger partial charge on any atom is 0.222 e. The zero-order valence-electron chi connectivity index (χ0n) is 23.6. The van der Waals surface area contributed by atoms with E-state index in [9.17, 15) is 0 Å². The van der Waals surface area contributed by atoms with Crippen LogP contribution in [-0.4, -0.2) is 90.1 Å². The molecule has 0 aliphatic carbocycles. The summed E-state index contributed by atoms with van der Waals surface area (Å²) in [6.07, 6.45) is 5.57. The molecule has 39 heavy (non-hydrogen) atoms. The van der Waals surface area contributed by atoms with E-state index in [1.54, 1.807) is 0 Å². The lowest BCUT2D eigenvalue weighted by Crippen LogP contribution is -2.46. The third-order valence-electron chi connectivity index (χ3n) is 7.28. The monoisotopic (exact) mass is 536 g/mol. The van der Waals surface area contributed by atoms with Crippen LogP contribution in [0.2, 0.25) is 0 Å². The Hall–Kier alpha value is -3.21. The summed E-state index contributed by atoms with van der Waals surface area (Å²) in [5.41, 5.74) is 11.8. The molecule has 1 aliphatic rings. The number of ether oxygens (including phenoxy) is 1. The van der Waals surface area contributed by atoms with E-state index in [1.165, 1.54) is 29.5 Å². The smallest absolute Gasteiger partial charge is 0.222 e. The van der Waals surface area contributed by atoms with Gasteiger partial charge in [-0.1, -0.05) is 38.0 Å². The Balaban J connectivity index is 1.30. The molecule has 3 heterocycles. The number of hydrogen-bond donors (Lipinski definition) is 2. The second-order valence-corrected chi connectivity index (χ2v) is 10.2. The van der Waals surface area contributed by atoms with Gasteiger partial charge in [0, 0.05) is 65.3 Å². The molecule has 0 unspecified atom stereocenters. The van der Waals surface area contributed by atoms with Gasteiger partial charge in [0.1, 0.15) is 12.1 Å². The fourth-order valence-electron chi connectivity index (χ4n) is 5.06. The Morgan fingerprint density at radius 1 is 1.03 bits per heavy atom. The van der Waals surface area contributed by atoms with Crippen molar-refractivity contribution in [1.82, 2.24) is 24.3 Å². The van der Waals surface area contributed by atoms with E-state index in [0.29, 0.717) is 25.8 Å². The van der Waals surface area contributed by atoms with E-state index in [1.807, 2.05) is 6.07 Å². The highest BCUT2D eigenvalue weighted by atomic mass is 16.6. The number of nitrogens with two attached hydrogens (primary N) is 1. The molecule has 1 saturated heterocycles. The van der Waals surface area contributed by atoms with Crippen LogP contribution in [0.15, 0.2) is 35.6 Å². The number of nitrogen functional groups attached to an aromatic ring is 1. The molecule has 0 amide bonds. The summed E-state index contributed by atoms with van der Waals surface area (Å²) in [5, 5.41) is 6.86. The number of benzene rings is 1. The van der Waals surface area contributed by atoms with E-state index in [0.717, 1.165) is 75.6 Å². The molecule has 0 atom stereocenters. The second-order valence-electron chi connectivity index (χ2n) is 10.2. The van der Waals surface area contributed by atoms with Crippen LogP contribution in [0.5, 0.6) is 0 Å². The predicted octanol–water partition coefficient (Wildman–Crippen LogP) is 3.74. The predicted molar refractivity (Wildman–Crippen MR) is 158 cm³/mol. The summed E-state index contributed by atoms with van der Waals surface area (Å²) in [6.45, 7) is 17.3. The van der Waals surface area contributed by atoms with Crippen LogP contribution in [-0.2, 0) is 22.7 Å². The maximum absolute atomic E-state index is 5.99. The molecule has 0 saturated carbocycles. The maximum atomic E-state index is 5.99. The zero-order chi connectivity index (χ0) is 27.5. The van der Waals surface area contributed by atoms with Gasteiger partial charge in [-0.15, -0.1) is 5.16 Å². The second kappa shape index (κ2) is 14.8. The van der Waals surface area contributed by atoms with E-state index in [-0.39, 0.29) is 0 Å². The Bertz CT molecular complexity index is 1190. The molecule has 3 N–H and O–H groups in total. The van der Waals surface area contributed by atoms with E-state index >= 15 is 0 Å². The lowest BCUT2D eigenvalue weighted by molar-refractivity contribution is 0.0337. The first-order valence-corrected chi connectivity index (χ1v) is 14.1. The lowest BCUT2D eigenvalue weighted by atomic mass is 10.0. The number of aromatic nitrogens is 3. The Morgan fingerprint density at radius 3 is 2.62 bits per heavy atom. The molecule has 4 rings (SSSR count). The fourth-order valence-corrected chi connectivity index (χ4v) is 5.06. The standard InChI is InChI=1S/C29H44N8O2/c1-4-5-6-10-32-28-27-26(33-29(30)34-28)9-11-37(27)22-25-8-7-24(20-23(25)2)21-36-14-12-35(13-15-36)16-17-38-18-19-39-31-3/h7-9,11,20H,3-6,10,12-19,21-22H2,1-2H3,(H3,30,32,33,34). The molecule has 1 fully saturated rings. The number of aryl methyl sites for hydroxylation is 1. The highest BCUT2D eigenvalue weighted by molar-refractivity contribution is 5.87. The van der Waals surface area contributed by atoms with Gasteiger partial charge in [0.25, 0.3) is 0 Å². The summed E-state index contributed by atoms with van der Waals surface area (Å²) in [7, 11) is 0. The topological polar surface area (TPSA) is 106 Å². The van der Waals surface area contributed by atoms with Crippen molar-refractivity contribution >= 4 is 29.5 Å². The average Bonchev–Trinajstić information content (AvgIpc) is 3.33. The first kappa shape index (κ1) is 28.8. The Kier molecular flexibility index (Phi) is 10.9. The zero-order valence-corrected chi connectivity index (χ0v) is 23.6. The number of hydrogen-bond acceptors (Lipinski definition) is 9. The molecule has 0 radical (unpaired) electrons. The number of nitrogens with one attached hydrogen (secondary N) is 1. The molecule has 0 bridgehead atoms. The third kappa shape index (κ3) is 8.39. The quantitative estimate of drug-likeness (QED) is 0.162. The summed E-state index contributed by atoms with van der Waals surface area (Å²) < 4.78 is 7.83. The largest absolute Gasteiger partial charge is 0.394 e. The van der Waals surface area contributed by atoms with Crippen molar-refractivity contribution in [2.45, 2.75) is 46.2 Å². The minimum absolute atomic E-state index is 0.306. The first-order chi connectivity index (χ1) is 19.1. The highest BCUT2D eigenvalue weighted by Crippen LogP contribution is 2.25. The summed E-state index contributed by atoms with van der Waals surface area (Å²) in [4.78, 5) is 18.8. The van der Waals surface area contributed by atoms with Crippen molar-refractivity contribution in [3.05, 3.63) is 47.2 Å². The van der Waals surface area contributed by atoms with E-state index < -0.39 is 0 Å². The molecule has 1 aliphatic heterocycles. The molecule has 3 aromatic rings. The molecule has 212 valence electrons. The lowest BCUT2D eigenvalue weighted by Gasteiger charge is -2.34. The molecule has 10 heteroatoms. The normalized spacial score (nSPS) is 14.6. The minimum atomic E-state index is 0.306. The van der Waals surface area contributed by atoms with Crippen LogP contribution >= 0.6 is 0 Å². The van der Waals surface area contributed by atoms with Crippen LogP contribution in [0.25, 0.3) is 11.0 Å². The molecule has 0 spiro atoms. The average molecular weight is 537 g/mol. The summed E-state index contributed by atoms with van der Waals surface area (Å²) in [6, 6.07) is 8.89. The van der Waals surface area contributed by atoms with Gasteiger partial charge in [-0.2, -0.15) is 4.98 Å². The van der Waals surface area contributed by atoms with Gasteiger partial charge in [0.05, 0.1) is 18.7 Å². The Labute approximate surface area is 232 Å². The molecule has 10 nitrogen and oxygen atoms in total. The number of oxime groups is 1. The number of rotatable bonds is 16. The summed E-state index contributed by atoms with van der Waals surface area (Å²) in [5.74, 6) is 1.12. The van der Waals surface area contributed by atoms with Gasteiger partial charge in [-0.25, -0.2) is 4.98 Å². The first-order valence-electron chi connectivity index (χ1n) is 14.1. The SMILES string of the molecule is C=NOCCOCCN1CCN(Cc2ccc(Cn3ccc4nc(N)nc(NCCCCC)c43)c(C)c2)CC1. The van der Waals surface area contributed by atoms with Crippen LogP contribution < -0.4 is 11.1 Å². The van der Waals surface area contributed by atoms with Gasteiger partial charge < -0.3 is 25.2 Å². The number of piperazine rings is 1. The van der Waals surface area contributed by atoms with E-state index in [2.05, 4.69) is 79.8 Å². The van der Waals surface area contributed by atoms with Crippen LogP contribution in [0.4, 0.5) is 11.8 Å². The van der Waals surface area contributed by atoms with Crippen molar-refractivity contribution in [3.63, 3.8) is 0 Å². The van der Waals surface area contributed by atoms with Gasteiger partial charge in [0.2, 0.25) is 5.95 Å². The van der Waals surface area contributed by atoms with Crippen LogP contribution in [0.3, 0.4) is 0 Å². The molecular weight excluding hydrogens is 492 g/mol. The van der Waals surface area contributed by atoms with Crippen molar-refractivity contribution in [3.8, 4) is 0 Å². The van der Waals surface area contributed by atoms with Crippen LogP contribution in [0.1, 0.15) is 42.9 Å². The highest BCUT2D eigenvalue weighted by Gasteiger charge is 2.17. The van der Waals surface area contributed by atoms with Crippen molar-refractivity contribution < 1.29 is 9.57 Å². The van der Waals surface area contributed by atoms with Gasteiger partial charge in [-0.3, -0.25) is 9.80 Å². The summed E-state index contributed by atoms with van der Waals surface area (Å²) >= 11 is 0. The minimum Gasteiger partial charge on any atom is -0.394 e. The van der Waals surface area contributed by atoms with Crippen molar-refractivity contribution in [2.75, 3.05) is 70.1 Å². The number of nitrogens with zero attached hydrogens (tertiary/aromatic N) is 6. The van der Waals surface area contributed by atoms with Gasteiger partial charge in [-0.05, 0) is 36.1 Å². The van der Waals surface area contributed by atoms with Gasteiger partial charge >= 0.3 is 0 Å². The molecular formula is C29H44N8O2. The fraction of sp³-hybridized carbons (Fsp3) is 0.552. The third-order valence-corrected chi connectivity index (χ3v) is 7.28. The van der Waals surface area contributed by atoms with Crippen LogP contribution in [0, 0.1) is 6.92 Å². The number of unbranched alkanes of at least 4 members (excludes halogenated alkanes) is 2. The van der Waals surface area contributed by atoms with Crippen molar-refractivity contribution in [1.29, 1.82) is 0 Å². The van der Waals surface area contributed by atoms with Gasteiger partial charge in [0.15, 0.2) is 5.82 Å².